The van der Waals surface area contributed by atoms with Gasteiger partial charge in [0.15, 0.2) is 0 Å². The van der Waals surface area contributed by atoms with Crippen LogP contribution in [0.25, 0.3) is 0 Å². The third kappa shape index (κ3) is 3.51. The number of fused-ring (bicyclic) bond motifs is 1. The normalized spacial score (nSPS) is 20.4. The van der Waals surface area contributed by atoms with Crippen LogP contribution in [-0.2, 0) is 6.54 Å². The molecule has 2 aromatic rings. The molecule has 7 heteroatoms. The third-order valence-electron chi connectivity index (χ3n) is 4.78. The van der Waals surface area contributed by atoms with E-state index in [9.17, 15) is 13.6 Å². The van der Waals surface area contributed by atoms with E-state index in [-0.39, 0.29) is 5.91 Å². The molecule has 0 spiro atoms. The molecular weight excluding hydrogens is 362 g/mol. The summed E-state index contributed by atoms with van der Waals surface area (Å²) in [5, 5.41) is 8.61. The Morgan fingerprint density at radius 2 is 1.89 bits per heavy atom. The number of carbonyl (C=O) groups excluding carboxylic acids is 1. The molecule has 3 N–H and O–H groups in total. The molecule has 0 aromatic heterocycles. The second kappa shape index (κ2) is 7.26. The Labute approximate surface area is 160 Å². The van der Waals surface area contributed by atoms with E-state index in [1.807, 2.05) is 0 Å². The zero-order valence-corrected chi connectivity index (χ0v) is 14.8. The van der Waals surface area contributed by atoms with Gasteiger partial charge in [-0.3, -0.25) is 9.80 Å². The molecule has 142 valence electrons. The number of allylic oxidation sites excluding steroid dienone is 2. The lowest BCUT2D eigenvalue weighted by atomic mass is 9.95. The highest BCUT2D eigenvalue weighted by molar-refractivity contribution is 6.05. The molecule has 2 unspecified atom stereocenters. The molecule has 0 fully saturated rings. The number of hydrogen-bond donors (Lipinski definition) is 2. The first-order valence-electron chi connectivity index (χ1n) is 8.81. The summed E-state index contributed by atoms with van der Waals surface area (Å²) in [6.45, 7) is 0.377. The van der Waals surface area contributed by atoms with Crippen molar-refractivity contribution in [3.63, 3.8) is 0 Å². The van der Waals surface area contributed by atoms with E-state index in [2.05, 4.69) is 10.4 Å². The number of hydrogen-bond acceptors (Lipinski definition) is 4. The lowest BCUT2D eigenvalue weighted by Gasteiger charge is -2.26. The molecule has 0 saturated heterocycles. The van der Waals surface area contributed by atoms with E-state index < -0.39 is 23.6 Å². The van der Waals surface area contributed by atoms with Crippen LogP contribution in [0, 0.1) is 5.92 Å². The molecule has 1 heterocycles. The van der Waals surface area contributed by atoms with Gasteiger partial charge in [-0.25, -0.2) is 8.78 Å². The summed E-state index contributed by atoms with van der Waals surface area (Å²) in [4.78, 5) is 12.4. The predicted molar refractivity (Wildman–Crippen MR) is 105 cm³/mol. The van der Waals surface area contributed by atoms with Crippen molar-refractivity contribution in [2.45, 2.75) is 12.6 Å². The Balaban J connectivity index is 1.43. The van der Waals surface area contributed by atoms with E-state index in [1.165, 1.54) is 12.3 Å². The molecule has 1 aliphatic heterocycles. The number of nitrogens with two attached hydrogens (primary N) is 1. The Kier molecular flexibility index (Phi) is 4.65. The summed E-state index contributed by atoms with van der Waals surface area (Å²) in [6, 6.07) is 13.5. The number of benzene rings is 2. The second-order valence-corrected chi connectivity index (χ2v) is 6.70. The van der Waals surface area contributed by atoms with Gasteiger partial charge in [0.05, 0.1) is 29.9 Å². The quantitative estimate of drug-likeness (QED) is 0.787. The smallest absolute Gasteiger partial charge is 0.255 e. The lowest BCUT2D eigenvalue weighted by Crippen LogP contribution is -2.32. The van der Waals surface area contributed by atoms with Gasteiger partial charge in [-0.1, -0.05) is 24.3 Å². The number of amides is 1. The molecule has 0 saturated carbocycles. The number of rotatable bonds is 4. The van der Waals surface area contributed by atoms with Crippen LogP contribution in [0.15, 0.2) is 77.4 Å². The number of para-hydroxylation sites is 2. The topological polar surface area (TPSA) is 70.7 Å². The molecule has 1 aliphatic carbocycles. The summed E-state index contributed by atoms with van der Waals surface area (Å²) in [6.07, 6.45) is 3.75. The first-order valence-corrected chi connectivity index (χ1v) is 8.81. The van der Waals surface area contributed by atoms with Crippen molar-refractivity contribution < 1.29 is 13.6 Å². The van der Waals surface area contributed by atoms with E-state index in [1.54, 1.807) is 53.5 Å². The van der Waals surface area contributed by atoms with Crippen LogP contribution < -0.4 is 11.1 Å². The van der Waals surface area contributed by atoms with Crippen LogP contribution in [0.3, 0.4) is 0 Å². The van der Waals surface area contributed by atoms with Crippen LogP contribution in [0.2, 0.25) is 0 Å². The third-order valence-corrected chi connectivity index (χ3v) is 4.78. The zero-order chi connectivity index (χ0) is 19.7. The number of carbonyl (C=O) groups is 1. The second-order valence-electron chi connectivity index (χ2n) is 6.70. The summed E-state index contributed by atoms with van der Waals surface area (Å²) in [5.74, 6) is -1.95. The molecule has 2 aromatic carbocycles. The van der Waals surface area contributed by atoms with Crippen LogP contribution in [0.4, 0.5) is 20.2 Å². The fraction of sp³-hybridized carbons (Fsp3) is 0.143. The summed E-state index contributed by atoms with van der Waals surface area (Å²) in [5.41, 5.74) is 8.23. The van der Waals surface area contributed by atoms with Crippen molar-refractivity contribution in [2.75, 3.05) is 11.1 Å². The predicted octanol–water partition coefficient (Wildman–Crippen LogP) is 4.03. The van der Waals surface area contributed by atoms with E-state index in [4.69, 9.17) is 5.73 Å². The van der Waals surface area contributed by atoms with Gasteiger partial charge >= 0.3 is 0 Å². The molecule has 4 rings (SSSR count). The number of nitrogen functional groups attached to an aromatic ring is 1. The minimum atomic E-state index is -0.596. The maximum Gasteiger partial charge on any atom is 0.255 e. The van der Waals surface area contributed by atoms with Gasteiger partial charge in [0.1, 0.15) is 11.7 Å². The van der Waals surface area contributed by atoms with Gasteiger partial charge < -0.3 is 11.1 Å². The summed E-state index contributed by atoms with van der Waals surface area (Å²) in [7, 11) is 0. The van der Waals surface area contributed by atoms with Crippen molar-refractivity contribution in [3.8, 4) is 0 Å². The Bertz CT molecular complexity index is 998. The highest BCUT2D eigenvalue weighted by Crippen LogP contribution is 2.33. The SMILES string of the molecule is Nc1ccccc1NC(=O)c1ccc(CN2N=CC3C(F)=CC(F)=CC32)cc1. The van der Waals surface area contributed by atoms with Crippen LogP contribution in [-0.4, -0.2) is 23.2 Å². The van der Waals surface area contributed by atoms with Crippen molar-refractivity contribution in [1.29, 1.82) is 0 Å². The highest BCUT2D eigenvalue weighted by Gasteiger charge is 2.35. The van der Waals surface area contributed by atoms with Crippen molar-refractivity contribution >= 4 is 23.5 Å². The number of hydrazone groups is 1. The summed E-state index contributed by atoms with van der Waals surface area (Å²) < 4.78 is 27.4. The van der Waals surface area contributed by atoms with Crippen LogP contribution in [0.5, 0.6) is 0 Å². The van der Waals surface area contributed by atoms with Gasteiger partial charge in [0.2, 0.25) is 0 Å². The fourth-order valence-electron chi connectivity index (χ4n) is 3.27. The van der Waals surface area contributed by atoms with E-state index in [0.717, 1.165) is 11.6 Å². The van der Waals surface area contributed by atoms with Crippen LogP contribution in [0.1, 0.15) is 15.9 Å². The number of halogens is 2. The standard InChI is InChI=1S/C21H18F2N4O/c22-15-9-17(23)16-11-25-27(20(16)10-15)12-13-5-7-14(8-6-13)21(28)26-19-4-2-1-3-18(19)24/h1-11,16,20H,12,24H2,(H,26,28). The Morgan fingerprint density at radius 1 is 1.14 bits per heavy atom. The average Bonchev–Trinajstić information content (AvgIpc) is 3.07. The maximum absolute atomic E-state index is 13.9. The molecule has 28 heavy (non-hydrogen) atoms. The molecule has 2 atom stereocenters. The molecular formula is C21H18F2N4O. The van der Waals surface area contributed by atoms with Crippen LogP contribution >= 0.6 is 0 Å². The van der Waals surface area contributed by atoms with Gasteiger partial charge in [-0.05, 0) is 35.9 Å². The molecule has 0 radical (unpaired) electrons. The zero-order valence-electron chi connectivity index (χ0n) is 14.8. The number of nitrogens with one attached hydrogen (secondary N) is 1. The molecule has 1 amide bonds. The van der Waals surface area contributed by atoms with Gasteiger partial charge in [0, 0.05) is 17.9 Å². The first kappa shape index (κ1) is 17.9. The number of nitrogens with zero attached hydrogens (tertiary/aromatic N) is 2. The Hall–Kier alpha value is -3.48. The largest absolute Gasteiger partial charge is 0.397 e. The van der Waals surface area contributed by atoms with Crippen molar-refractivity contribution in [1.82, 2.24) is 5.01 Å². The van der Waals surface area contributed by atoms with Gasteiger partial charge in [-0.2, -0.15) is 5.10 Å². The first-order chi connectivity index (χ1) is 13.5. The molecule has 2 aliphatic rings. The number of anilines is 2. The van der Waals surface area contributed by atoms with Crippen molar-refractivity contribution in [3.05, 3.63) is 83.5 Å². The maximum atomic E-state index is 13.9. The summed E-state index contributed by atoms with van der Waals surface area (Å²) >= 11 is 0. The Morgan fingerprint density at radius 3 is 2.64 bits per heavy atom. The average molecular weight is 380 g/mol. The van der Waals surface area contributed by atoms with Gasteiger partial charge in [-0.15, -0.1) is 0 Å². The van der Waals surface area contributed by atoms with E-state index in [0.29, 0.717) is 23.5 Å². The highest BCUT2D eigenvalue weighted by atomic mass is 19.1. The van der Waals surface area contributed by atoms with Crippen molar-refractivity contribution in [2.24, 2.45) is 11.0 Å². The lowest BCUT2D eigenvalue weighted by molar-refractivity contribution is 0.102. The minimum Gasteiger partial charge on any atom is -0.397 e. The van der Waals surface area contributed by atoms with Gasteiger partial charge in [0.25, 0.3) is 5.91 Å². The molecule has 5 nitrogen and oxygen atoms in total. The molecule has 0 bridgehead atoms. The monoisotopic (exact) mass is 380 g/mol. The van der Waals surface area contributed by atoms with E-state index >= 15 is 0 Å². The fourth-order valence-corrected chi connectivity index (χ4v) is 3.27. The minimum absolute atomic E-state index is 0.270.